The van der Waals surface area contributed by atoms with E-state index in [2.05, 4.69) is 9.82 Å². The summed E-state index contributed by atoms with van der Waals surface area (Å²) in [6, 6.07) is 6.29. The molecule has 0 bridgehead atoms. The molecule has 2 aromatic rings. The van der Waals surface area contributed by atoms with Crippen LogP contribution in [-0.4, -0.2) is 43.1 Å². The van der Waals surface area contributed by atoms with Gasteiger partial charge in [-0.15, -0.1) is 0 Å². The molecule has 7 nitrogen and oxygen atoms in total. The predicted octanol–water partition coefficient (Wildman–Crippen LogP) is 1.000. The molecule has 2 rings (SSSR count). The van der Waals surface area contributed by atoms with E-state index in [9.17, 15) is 13.2 Å². The van der Waals surface area contributed by atoms with E-state index in [4.69, 9.17) is 0 Å². The van der Waals surface area contributed by atoms with Crippen LogP contribution in [0.15, 0.2) is 47.6 Å². The smallest absolute Gasteiger partial charge is 0.246 e. The van der Waals surface area contributed by atoms with Gasteiger partial charge >= 0.3 is 0 Å². The maximum atomic E-state index is 12.1. The quantitative estimate of drug-likeness (QED) is 0.790. The first-order chi connectivity index (χ1) is 11.3. The van der Waals surface area contributed by atoms with Gasteiger partial charge in [-0.05, 0) is 30.8 Å². The van der Waals surface area contributed by atoms with Crippen LogP contribution >= 0.6 is 0 Å². The summed E-state index contributed by atoms with van der Waals surface area (Å²) in [5.41, 5.74) is 1.69. The SMILES string of the molecule is CNS(=O)(=O)c1ccc(/C=C/C(=O)N(C)Cc2cnn(C)c2)cc1. The van der Waals surface area contributed by atoms with Crippen molar-refractivity contribution in [2.45, 2.75) is 11.4 Å². The summed E-state index contributed by atoms with van der Waals surface area (Å²) in [6.07, 6.45) is 6.68. The molecule has 1 N–H and O–H groups in total. The first-order valence-electron chi connectivity index (χ1n) is 7.26. The van der Waals surface area contributed by atoms with Crippen LogP contribution < -0.4 is 4.72 Å². The van der Waals surface area contributed by atoms with Gasteiger partial charge in [-0.25, -0.2) is 13.1 Å². The van der Waals surface area contributed by atoms with Crippen LogP contribution in [0.4, 0.5) is 0 Å². The Hall–Kier alpha value is -2.45. The first-order valence-corrected chi connectivity index (χ1v) is 8.74. The Morgan fingerprint density at radius 1 is 1.33 bits per heavy atom. The Kier molecular flexibility index (Phi) is 5.53. The van der Waals surface area contributed by atoms with E-state index in [1.54, 1.807) is 41.0 Å². The van der Waals surface area contributed by atoms with Crippen molar-refractivity contribution in [3.63, 3.8) is 0 Å². The molecule has 0 aliphatic rings. The van der Waals surface area contributed by atoms with Crippen molar-refractivity contribution in [2.75, 3.05) is 14.1 Å². The van der Waals surface area contributed by atoms with Crippen molar-refractivity contribution in [2.24, 2.45) is 7.05 Å². The number of rotatable bonds is 6. The molecule has 24 heavy (non-hydrogen) atoms. The lowest BCUT2D eigenvalue weighted by molar-refractivity contribution is -0.125. The third-order valence-corrected chi connectivity index (χ3v) is 4.86. The van der Waals surface area contributed by atoms with Gasteiger partial charge in [0.15, 0.2) is 0 Å². The third-order valence-electron chi connectivity index (χ3n) is 3.43. The molecule has 1 amide bonds. The molecular weight excluding hydrogens is 328 g/mol. The summed E-state index contributed by atoms with van der Waals surface area (Å²) < 4.78 is 27.2. The van der Waals surface area contributed by atoms with Crippen molar-refractivity contribution < 1.29 is 13.2 Å². The highest BCUT2D eigenvalue weighted by Gasteiger charge is 2.10. The molecule has 1 aromatic carbocycles. The molecule has 0 saturated carbocycles. The van der Waals surface area contributed by atoms with Crippen LogP contribution in [0.25, 0.3) is 6.08 Å². The minimum atomic E-state index is -3.45. The Morgan fingerprint density at radius 3 is 2.54 bits per heavy atom. The number of nitrogens with zero attached hydrogens (tertiary/aromatic N) is 3. The molecule has 8 heteroatoms. The van der Waals surface area contributed by atoms with Crippen molar-refractivity contribution in [1.82, 2.24) is 19.4 Å². The summed E-state index contributed by atoms with van der Waals surface area (Å²) in [5.74, 6) is -0.147. The number of benzene rings is 1. The molecule has 1 aromatic heterocycles. The molecule has 0 aliphatic carbocycles. The number of hydrogen-bond acceptors (Lipinski definition) is 4. The standard InChI is InChI=1S/C16H20N4O3S/c1-17-24(22,23)15-7-4-13(5-8-15)6-9-16(21)19(2)11-14-10-18-20(3)12-14/h4-10,12,17H,11H2,1-3H3/b9-6+. The second kappa shape index (κ2) is 7.41. The molecule has 0 radical (unpaired) electrons. The Bertz CT molecular complexity index is 838. The topological polar surface area (TPSA) is 84.3 Å². The van der Waals surface area contributed by atoms with Crippen LogP contribution in [0, 0.1) is 0 Å². The fraction of sp³-hybridized carbons (Fsp3) is 0.250. The van der Waals surface area contributed by atoms with Gasteiger partial charge in [-0.1, -0.05) is 12.1 Å². The van der Waals surface area contributed by atoms with E-state index in [1.807, 2.05) is 13.2 Å². The second-order valence-corrected chi connectivity index (χ2v) is 7.21. The van der Waals surface area contributed by atoms with Gasteiger partial charge in [0.25, 0.3) is 0 Å². The lowest BCUT2D eigenvalue weighted by atomic mass is 10.2. The number of carbonyl (C=O) groups is 1. The highest BCUT2D eigenvalue weighted by atomic mass is 32.2. The monoisotopic (exact) mass is 348 g/mol. The summed E-state index contributed by atoms with van der Waals surface area (Å²) in [6.45, 7) is 0.469. The first kappa shape index (κ1) is 17.9. The van der Waals surface area contributed by atoms with Gasteiger partial charge < -0.3 is 4.90 Å². The molecule has 0 spiro atoms. The van der Waals surface area contributed by atoms with E-state index >= 15 is 0 Å². The minimum Gasteiger partial charge on any atom is -0.338 e. The number of carbonyl (C=O) groups excluding carboxylic acids is 1. The van der Waals surface area contributed by atoms with Crippen LogP contribution in [-0.2, 0) is 28.4 Å². The zero-order chi connectivity index (χ0) is 17.7. The molecule has 0 atom stereocenters. The fourth-order valence-corrected chi connectivity index (χ4v) is 2.81. The largest absolute Gasteiger partial charge is 0.338 e. The van der Waals surface area contributed by atoms with Crippen LogP contribution in [0.1, 0.15) is 11.1 Å². The summed E-state index contributed by atoms with van der Waals surface area (Å²) >= 11 is 0. The van der Waals surface area contributed by atoms with Crippen molar-refractivity contribution in [3.8, 4) is 0 Å². The fourth-order valence-electron chi connectivity index (χ4n) is 2.08. The normalized spacial score (nSPS) is 11.8. The lowest BCUT2D eigenvalue weighted by Crippen LogP contribution is -2.23. The lowest BCUT2D eigenvalue weighted by Gasteiger charge is -2.13. The molecular formula is C16H20N4O3S. The Morgan fingerprint density at radius 2 is 2.00 bits per heavy atom. The molecule has 1 heterocycles. The van der Waals surface area contributed by atoms with Crippen molar-refractivity contribution in [3.05, 3.63) is 53.9 Å². The van der Waals surface area contributed by atoms with E-state index < -0.39 is 10.0 Å². The zero-order valence-electron chi connectivity index (χ0n) is 13.8. The third kappa shape index (κ3) is 4.53. The highest BCUT2D eigenvalue weighted by Crippen LogP contribution is 2.11. The molecule has 0 unspecified atom stereocenters. The molecule has 0 saturated heterocycles. The van der Waals surface area contributed by atoms with Gasteiger partial charge in [-0.3, -0.25) is 9.48 Å². The van der Waals surface area contributed by atoms with Gasteiger partial charge in [0.05, 0.1) is 11.1 Å². The maximum absolute atomic E-state index is 12.1. The summed E-state index contributed by atoms with van der Waals surface area (Å²) in [5, 5.41) is 4.06. The number of aryl methyl sites for hydroxylation is 1. The molecule has 0 fully saturated rings. The van der Waals surface area contributed by atoms with E-state index in [0.29, 0.717) is 6.54 Å². The second-order valence-electron chi connectivity index (χ2n) is 5.33. The average Bonchev–Trinajstić information content (AvgIpc) is 2.97. The van der Waals surface area contributed by atoms with Crippen LogP contribution in [0.5, 0.6) is 0 Å². The number of aromatic nitrogens is 2. The van der Waals surface area contributed by atoms with Gasteiger partial charge in [-0.2, -0.15) is 5.10 Å². The van der Waals surface area contributed by atoms with E-state index in [0.717, 1.165) is 11.1 Å². The van der Waals surface area contributed by atoms with E-state index in [1.165, 1.54) is 25.3 Å². The van der Waals surface area contributed by atoms with Crippen molar-refractivity contribution in [1.29, 1.82) is 0 Å². The Balaban J connectivity index is 2.00. The zero-order valence-corrected chi connectivity index (χ0v) is 14.6. The van der Waals surface area contributed by atoms with Gasteiger partial charge in [0, 0.05) is 38.5 Å². The average molecular weight is 348 g/mol. The van der Waals surface area contributed by atoms with Gasteiger partial charge in [0.2, 0.25) is 15.9 Å². The summed E-state index contributed by atoms with van der Waals surface area (Å²) in [7, 11) is 1.44. The number of nitrogens with one attached hydrogen (secondary N) is 1. The predicted molar refractivity (Wildman–Crippen MR) is 91.4 cm³/mol. The maximum Gasteiger partial charge on any atom is 0.246 e. The number of likely N-dealkylation sites (N-methyl/N-ethyl adjacent to an activating group) is 1. The number of hydrogen-bond donors (Lipinski definition) is 1. The number of amides is 1. The van der Waals surface area contributed by atoms with Crippen molar-refractivity contribution >= 4 is 22.0 Å². The van der Waals surface area contributed by atoms with Crippen LogP contribution in [0.3, 0.4) is 0 Å². The van der Waals surface area contributed by atoms with Gasteiger partial charge in [0.1, 0.15) is 0 Å². The Labute approximate surface area is 141 Å². The van der Waals surface area contributed by atoms with Crippen LogP contribution in [0.2, 0.25) is 0 Å². The minimum absolute atomic E-state index is 0.147. The molecule has 128 valence electrons. The molecule has 0 aliphatic heterocycles. The number of sulfonamides is 1. The summed E-state index contributed by atoms with van der Waals surface area (Å²) in [4.78, 5) is 13.9. The highest BCUT2D eigenvalue weighted by molar-refractivity contribution is 7.89. The van der Waals surface area contributed by atoms with E-state index in [-0.39, 0.29) is 10.8 Å².